The van der Waals surface area contributed by atoms with E-state index in [0.29, 0.717) is 30.4 Å². The molecule has 3 amide bonds. The van der Waals surface area contributed by atoms with Crippen LogP contribution in [0.25, 0.3) is 0 Å². The third-order valence-corrected chi connectivity index (χ3v) is 9.40. The second-order valence-corrected chi connectivity index (χ2v) is 14.2. The highest BCUT2D eigenvalue weighted by molar-refractivity contribution is 7.85. The number of carboxylic acids is 1. The van der Waals surface area contributed by atoms with E-state index in [2.05, 4.69) is 5.32 Å². The molecule has 0 spiro atoms. The average molecular weight is 774 g/mol. The summed E-state index contributed by atoms with van der Waals surface area (Å²) >= 11 is 0. The number of unbranched alkanes of at least 4 members (excludes halogenated alkanes) is 1. The van der Waals surface area contributed by atoms with Crippen molar-refractivity contribution in [1.29, 1.82) is 0 Å². The van der Waals surface area contributed by atoms with E-state index in [1.54, 1.807) is 18.2 Å². The molecule has 2 saturated heterocycles. The van der Waals surface area contributed by atoms with Crippen molar-refractivity contribution in [2.45, 2.75) is 88.2 Å². The van der Waals surface area contributed by atoms with Crippen molar-refractivity contribution in [2.75, 3.05) is 32.1 Å². The molecule has 294 valence electrons. The fourth-order valence-corrected chi connectivity index (χ4v) is 6.31. The summed E-state index contributed by atoms with van der Waals surface area (Å²) in [4.78, 5) is 62.9. The molecule has 3 heterocycles. The third-order valence-electron chi connectivity index (χ3n) is 8.72. The lowest BCUT2D eigenvalue weighted by atomic mass is 9.99. The first-order valence-corrected chi connectivity index (χ1v) is 18.2. The molecular formula is C32H43N3O17S. The molecular weight excluding hydrogens is 730 g/mol. The number of nitrogens with one attached hydrogen (secondary N) is 1. The number of amides is 3. The van der Waals surface area contributed by atoms with Crippen LogP contribution in [0.5, 0.6) is 5.75 Å². The van der Waals surface area contributed by atoms with Gasteiger partial charge in [-0.2, -0.15) is 8.42 Å². The number of aliphatic hydroxyl groups excluding tert-OH is 4. The normalized spacial score (nSPS) is 26.7. The summed E-state index contributed by atoms with van der Waals surface area (Å²) in [5, 5.41) is 53.6. The maximum atomic E-state index is 13.3. The molecule has 0 aliphatic carbocycles. The minimum Gasteiger partial charge on any atom is -0.479 e. The molecule has 4 rings (SSSR count). The Hall–Kier alpha value is -4.06. The van der Waals surface area contributed by atoms with Gasteiger partial charge in [0, 0.05) is 24.6 Å². The fourth-order valence-electron chi connectivity index (χ4n) is 5.98. The van der Waals surface area contributed by atoms with Crippen molar-refractivity contribution in [2.24, 2.45) is 0 Å². The molecule has 2 fully saturated rings. The predicted molar refractivity (Wildman–Crippen MR) is 176 cm³/mol. The van der Waals surface area contributed by atoms with Crippen LogP contribution < -0.4 is 10.1 Å². The lowest BCUT2D eigenvalue weighted by Gasteiger charge is -2.38. The van der Waals surface area contributed by atoms with Crippen molar-refractivity contribution in [1.82, 2.24) is 15.1 Å². The fraction of sp³-hybridized carbons (Fsp3) is 0.594. The van der Waals surface area contributed by atoms with E-state index < -0.39 is 94.5 Å². The summed E-state index contributed by atoms with van der Waals surface area (Å²) < 4.78 is 52.4. The van der Waals surface area contributed by atoms with Crippen LogP contribution in [-0.2, 0) is 61.3 Å². The monoisotopic (exact) mass is 773 g/mol. The van der Waals surface area contributed by atoms with Crippen molar-refractivity contribution in [3.63, 3.8) is 0 Å². The van der Waals surface area contributed by atoms with Crippen LogP contribution in [0.15, 0.2) is 30.4 Å². The number of carbonyl (C=O) groups excluding carboxylic acids is 4. The van der Waals surface area contributed by atoms with E-state index in [0.717, 1.165) is 17.1 Å². The number of carboxylic acid groups (broad SMARTS) is 1. The van der Waals surface area contributed by atoms with E-state index in [4.69, 9.17) is 23.5 Å². The number of aliphatic hydroxyl groups is 4. The molecule has 53 heavy (non-hydrogen) atoms. The van der Waals surface area contributed by atoms with E-state index in [-0.39, 0.29) is 45.1 Å². The summed E-state index contributed by atoms with van der Waals surface area (Å²) in [6.07, 6.45) is -6.87. The highest BCUT2D eigenvalue weighted by Gasteiger charge is 2.49. The zero-order chi connectivity index (χ0) is 39.0. The molecule has 0 saturated carbocycles. The number of rotatable bonds is 19. The highest BCUT2D eigenvalue weighted by atomic mass is 32.2. The molecule has 8 atom stereocenters. The first-order valence-electron chi connectivity index (χ1n) is 16.6. The number of carbonyl (C=O) groups is 5. The van der Waals surface area contributed by atoms with Crippen LogP contribution in [0, 0.1) is 0 Å². The first kappa shape index (κ1) is 41.7. The molecule has 1 aromatic carbocycles. The van der Waals surface area contributed by atoms with Crippen LogP contribution in [0.4, 0.5) is 0 Å². The number of hydrogen-bond donors (Lipinski definition) is 7. The maximum absolute atomic E-state index is 13.3. The highest BCUT2D eigenvalue weighted by Crippen LogP contribution is 2.30. The topological polar surface area (TPSA) is 296 Å². The average Bonchev–Trinajstić information content (AvgIpc) is 3.57. The molecule has 1 aromatic rings. The van der Waals surface area contributed by atoms with E-state index in [1.165, 1.54) is 11.8 Å². The second kappa shape index (κ2) is 18.3. The number of aryl methyl sites for hydroxylation is 1. The zero-order valence-corrected chi connectivity index (χ0v) is 29.4. The van der Waals surface area contributed by atoms with Crippen molar-refractivity contribution in [3.8, 4) is 5.75 Å². The van der Waals surface area contributed by atoms with Gasteiger partial charge in [-0.1, -0.05) is 12.1 Å². The maximum Gasteiger partial charge on any atom is 0.335 e. The standard InChI is InChI=1S/C32H43N3O17S/c1-17(36)50-15-19-6-5-18(12-22(19)51-32-28(42)26(40)27(41)29(52-32)31(44)45)4-2-3-9-33-23(37)14-34-20(16-49-10-11-53(46,47)48)13-21(30(34)43)35-24(38)7-8-25(35)39/h5-8,12,20-21,23,26-29,32-33,37,40-42H,2-4,9-11,13-16H2,1H3,(H,44,45)(H,46,47,48)/t20-,21-,23?,26-,27-,28+,29-,32+/m0/s1. The molecule has 21 heteroatoms. The lowest BCUT2D eigenvalue weighted by molar-refractivity contribution is -0.271. The smallest absolute Gasteiger partial charge is 0.335 e. The molecule has 1 unspecified atom stereocenters. The van der Waals surface area contributed by atoms with E-state index in [1.807, 2.05) is 0 Å². The number of nitrogens with zero attached hydrogens (tertiary/aromatic N) is 2. The van der Waals surface area contributed by atoms with E-state index in [9.17, 15) is 57.9 Å². The Morgan fingerprint density at radius 3 is 2.40 bits per heavy atom. The number of benzene rings is 1. The Labute approximate surface area is 303 Å². The molecule has 3 aliphatic heterocycles. The second-order valence-electron chi connectivity index (χ2n) is 12.6. The van der Waals surface area contributed by atoms with Crippen molar-refractivity contribution in [3.05, 3.63) is 41.5 Å². The first-order chi connectivity index (χ1) is 25.0. The van der Waals surface area contributed by atoms with Crippen LogP contribution in [0.3, 0.4) is 0 Å². The summed E-state index contributed by atoms with van der Waals surface area (Å²) in [7, 11) is -4.29. The van der Waals surface area contributed by atoms with Gasteiger partial charge in [-0.15, -0.1) is 0 Å². The van der Waals surface area contributed by atoms with Crippen LogP contribution >= 0.6 is 0 Å². The largest absolute Gasteiger partial charge is 0.479 e. The number of ether oxygens (including phenoxy) is 4. The van der Waals surface area contributed by atoms with Crippen LogP contribution in [0.2, 0.25) is 0 Å². The zero-order valence-electron chi connectivity index (χ0n) is 28.6. The number of aliphatic carboxylic acids is 1. The number of imide groups is 1. The lowest BCUT2D eigenvalue weighted by Crippen LogP contribution is -2.61. The summed E-state index contributed by atoms with van der Waals surface area (Å²) in [6.45, 7) is 0.435. The Morgan fingerprint density at radius 2 is 1.75 bits per heavy atom. The van der Waals surface area contributed by atoms with E-state index >= 15 is 0 Å². The summed E-state index contributed by atoms with van der Waals surface area (Å²) in [5.74, 6) is -4.73. The molecule has 0 bridgehead atoms. The third kappa shape index (κ3) is 11.2. The van der Waals surface area contributed by atoms with Gasteiger partial charge in [-0.3, -0.25) is 33.9 Å². The quantitative estimate of drug-likeness (QED) is 0.0243. The van der Waals surface area contributed by atoms with Gasteiger partial charge >= 0.3 is 11.9 Å². The molecule has 0 aromatic heterocycles. The van der Waals surface area contributed by atoms with Crippen molar-refractivity contribution < 1.29 is 81.4 Å². The van der Waals surface area contributed by atoms with Gasteiger partial charge in [0.25, 0.3) is 21.9 Å². The molecule has 3 aliphatic rings. The van der Waals surface area contributed by atoms with Crippen molar-refractivity contribution >= 4 is 39.8 Å². The van der Waals surface area contributed by atoms with Gasteiger partial charge in [-0.05, 0) is 43.9 Å². The van der Waals surface area contributed by atoms with Gasteiger partial charge in [0.15, 0.2) is 6.10 Å². The molecule has 20 nitrogen and oxygen atoms in total. The van der Waals surface area contributed by atoms with Gasteiger partial charge in [-0.25, -0.2) is 4.79 Å². The SMILES string of the molecule is CC(=O)OCc1ccc(CCCCNC(O)CN2C(=O)[C@@H](N3C(=O)C=CC3=O)C[C@H]2COCCS(=O)(=O)O)cc1O[C@@H]1O[C@H](C(=O)O)[C@@H](O)[C@H](O)[C@H]1O. The van der Waals surface area contributed by atoms with Crippen LogP contribution in [-0.4, -0.2) is 159 Å². The van der Waals surface area contributed by atoms with Gasteiger partial charge in [0.1, 0.15) is 42.9 Å². The number of hydrogen-bond acceptors (Lipinski definition) is 16. The number of likely N-dealkylation sites (tertiary alicyclic amines) is 1. The molecule has 7 N–H and O–H groups in total. The Kier molecular flexibility index (Phi) is 14.4. The molecule has 0 radical (unpaired) electrons. The Morgan fingerprint density at radius 1 is 1.06 bits per heavy atom. The van der Waals surface area contributed by atoms with Gasteiger partial charge in [0.05, 0.1) is 31.6 Å². The Balaban J connectivity index is 1.32. The van der Waals surface area contributed by atoms with Gasteiger partial charge < -0.3 is 49.4 Å². The minimum atomic E-state index is -4.29. The predicted octanol–water partition coefficient (Wildman–Crippen LogP) is -2.95. The number of β-amino-alcohol motifs (C(OH)–C–C–N with tert-alkyl or cyclic N) is 1. The Bertz CT molecular complexity index is 1640. The summed E-state index contributed by atoms with van der Waals surface area (Å²) in [6, 6.07) is 3.00. The minimum absolute atomic E-state index is 0.0174. The van der Waals surface area contributed by atoms with Crippen LogP contribution in [0.1, 0.15) is 37.3 Å². The summed E-state index contributed by atoms with van der Waals surface area (Å²) in [5.41, 5.74) is 1.05. The number of esters is 1. The van der Waals surface area contributed by atoms with Gasteiger partial charge in [0.2, 0.25) is 12.2 Å².